The molecule has 2 aromatic rings. The van der Waals surface area contributed by atoms with Crippen molar-refractivity contribution in [2.45, 2.75) is 38.8 Å². The molecular formula is C20H26N2O. The molecule has 0 saturated heterocycles. The second-order valence-corrected chi connectivity index (χ2v) is 6.03. The van der Waals surface area contributed by atoms with Gasteiger partial charge in [-0.25, -0.2) is 0 Å². The van der Waals surface area contributed by atoms with E-state index in [2.05, 4.69) is 24.4 Å². The smallest absolute Gasteiger partial charge is 0.224 e. The molecule has 0 fully saturated rings. The first-order valence-electron chi connectivity index (χ1n) is 8.26. The molecule has 0 saturated carbocycles. The van der Waals surface area contributed by atoms with Crippen molar-refractivity contribution in [2.24, 2.45) is 11.7 Å². The Bertz CT molecular complexity index is 598. The second-order valence-electron chi connectivity index (χ2n) is 6.03. The van der Waals surface area contributed by atoms with E-state index in [0.29, 0.717) is 0 Å². The lowest BCUT2D eigenvalue weighted by Gasteiger charge is -2.23. The molecule has 122 valence electrons. The second kappa shape index (κ2) is 8.49. The lowest BCUT2D eigenvalue weighted by atomic mass is 9.94. The summed E-state index contributed by atoms with van der Waals surface area (Å²) in [6.45, 7) is 3.98. The SMILES string of the molecule is CCC(Cc1ccccc1)NC(=O)C(C)C(N)c1ccccc1. The Morgan fingerprint density at radius 3 is 2.17 bits per heavy atom. The first-order chi connectivity index (χ1) is 11.1. The first kappa shape index (κ1) is 17.2. The van der Waals surface area contributed by atoms with Crippen molar-refractivity contribution < 1.29 is 4.79 Å². The molecule has 0 bridgehead atoms. The number of rotatable bonds is 7. The van der Waals surface area contributed by atoms with Crippen LogP contribution in [0.25, 0.3) is 0 Å². The van der Waals surface area contributed by atoms with Crippen molar-refractivity contribution >= 4 is 5.91 Å². The summed E-state index contributed by atoms with van der Waals surface area (Å²) in [7, 11) is 0. The number of amides is 1. The molecule has 0 aliphatic rings. The van der Waals surface area contributed by atoms with Gasteiger partial charge in [0.1, 0.15) is 0 Å². The predicted octanol–water partition coefficient (Wildman–Crippen LogP) is 3.46. The number of carbonyl (C=O) groups excluding carboxylic acids is 1. The highest BCUT2D eigenvalue weighted by atomic mass is 16.1. The molecule has 3 heteroatoms. The number of hydrogen-bond donors (Lipinski definition) is 2. The molecule has 0 heterocycles. The summed E-state index contributed by atoms with van der Waals surface area (Å²) < 4.78 is 0. The van der Waals surface area contributed by atoms with Crippen LogP contribution in [0.4, 0.5) is 0 Å². The van der Waals surface area contributed by atoms with Gasteiger partial charge in [-0.15, -0.1) is 0 Å². The highest BCUT2D eigenvalue weighted by molar-refractivity contribution is 5.79. The van der Waals surface area contributed by atoms with Crippen LogP contribution in [0, 0.1) is 5.92 Å². The van der Waals surface area contributed by atoms with Gasteiger partial charge in [0.25, 0.3) is 0 Å². The van der Waals surface area contributed by atoms with E-state index < -0.39 is 0 Å². The maximum absolute atomic E-state index is 12.5. The highest BCUT2D eigenvalue weighted by Gasteiger charge is 2.23. The molecule has 3 atom stereocenters. The van der Waals surface area contributed by atoms with Crippen LogP contribution in [0.1, 0.15) is 37.4 Å². The summed E-state index contributed by atoms with van der Waals surface area (Å²) in [6.07, 6.45) is 1.74. The molecule has 2 rings (SSSR count). The van der Waals surface area contributed by atoms with Crippen molar-refractivity contribution in [1.29, 1.82) is 0 Å². The lowest BCUT2D eigenvalue weighted by Crippen LogP contribution is -2.42. The zero-order chi connectivity index (χ0) is 16.7. The van der Waals surface area contributed by atoms with Gasteiger partial charge in [-0.1, -0.05) is 74.5 Å². The van der Waals surface area contributed by atoms with Gasteiger partial charge in [-0.2, -0.15) is 0 Å². The maximum Gasteiger partial charge on any atom is 0.224 e. The molecule has 3 N–H and O–H groups in total. The number of benzene rings is 2. The zero-order valence-electron chi connectivity index (χ0n) is 13.9. The minimum absolute atomic E-state index is 0.0177. The van der Waals surface area contributed by atoms with E-state index in [0.717, 1.165) is 18.4 Å². The number of nitrogens with one attached hydrogen (secondary N) is 1. The molecule has 0 aliphatic heterocycles. The molecule has 1 amide bonds. The van der Waals surface area contributed by atoms with Crippen molar-refractivity contribution in [3.05, 3.63) is 71.8 Å². The maximum atomic E-state index is 12.5. The van der Waals surface area contributed by atoms with E-state index in [1.807, 2.05) is 55.5 Å². The summed E-state index contributed by atoms with van der Waals surface area (Å²) in [5.74, 6) is -0.244. The largest absolute Gasteiger partial charge is 0.353 e. The van der Waals surface area contributed by atoms with E-state index in [9.17, 15) is 4.79 Å². The van der Waals surface area contributed by atoms with Crippen LogP contribution < -0.4 is 11.1 Å². The Morgan fingerprint density at radius 2 is 1.61 bits per heavy atom. The van der Waals surface area contributed by atoms with Crippen molar-refractivity contribution in [1.82, 2.24) is 5.32 Å². The molecule has 23 heavy (non-hydrogen) atoms. The van der Waals surface area contributed by atoms with Crippen LogP contribution in [-0.4, -0.2) is 11.9 Å². The van der Waals surface area contributed by atoms with Crippen LogP contribution in [-0.2, 0) is 11.2 Å². The molecule has 0 aromatic heterocycles. The van der Waals surface area contributed by atoms with Gasteiger partial charge >= 0.3 is 0 Å². The van der Waals surface area contributed by atoms with Gasteiger partial charge in [-0.05, 0) is 24.0 Å². The Kier molecular flexibility index (Phi) is 6.36. The van der Waals surface area contributed by atoms with Crippen molar-refractivity contribution in [3.63, 3.8) is 0 Å². The monoisotopic (exact) mass is 310 g/mol. The Hall–Kier alpha value is -2.13. The summed E-state index contributed by atoms with van der Waals surface area (Å²) in [4.78, 5) is 12.5. The Balaban J connectivity index is 1.96. The molecular weight excluding hydrogens is 284 g/mol. The third-order valence-electron chi connectivity index (χ3n) is 4.30. The zero-order valence-corrected chi connectivity index (χ0v) is 13.9. The molecule has 3 nitrogen and oxygen atoms in total. The summed E-state index contributed by atoms with van der Waals surface area (Å²) >= 11 is 0. The van der Waals surface area contributed by atoms with Crippen LogP contribution >= 0.6 is 0 Å². The summed E-state index contributed by atoms with van der Waals surface area (Å²) in [5.41, 5.74) is 8.48. The highest BCUT2D eigenvalue weighted by Crippen LogP contribution is 2.19. The summed E-state index contributed by atoms with van der Waals surface area (Å²) in [5, 5.41) is 3.15. The normalized spacial score (nSPS) is 14.7. The number of hydrogen-bond acceptors (Lipinski definition) is 2. The van der Waals surface area contributed by atoms with E-state index in [-0.39, 0.29) is 23.9 Å². The fraction of sp³-hybridized carbons (Fsp3) is 0.350. The fourth-order valence-corrected chi connectivity index (χ4v) is 2.66. The third-order valence-corrected chi connectivity index (χ3v) is 4.30. The van der Waals surface area contributed by atoms with Crippen molar-refractivity contribution in [2.75, 3.05) is 0 Å². The molecule has 0 aliphatic carbocycles. The Morgan fingerprint density at radius 1 is 1.04 bits per heavy atom. The Labute approximate surface area is 138 Å². The molecule has 3 unspecified atom stereocenters. The topological polar surface area (TPSA) is 55.1 Å². The number of nitrogens with two attached hydrogens (primary N) is 1. The van der Waals surface area contributed by atoms with Crippen LogP contribution in [0.2, 0.25) is 0 Å². The fourth-order valence-electron chi connectivity index (χ4n) is 2.66. The molecule has 2 aromatic carbocycles. The van der Waals surface area contributed by atoms with Crippen LogP contribution in [0.3, 0.4) is 0 Å². The van der Waals surface area contributed by atoms with Crippen LogP contribution in [0.15, 0.2) is 60.7 Å². The quantitative estimate of drug-likeness (QED) is 0.823. The van der Waals surface area contributed by atoms with E-state index in [1.54, 1.807) is 0 Å². The van der Waals surface area contributed by atoms with Gasteiger partial charge < -0.3 is 11.1 Å². The number of carbonyl (C=O) groups is 1. The van der Waals surface area contributed by atoms with Gasteiger partial charge in [0.05, 0.1) is 5.92 Å². The summed E-state index contributed by atoms with van der Waals surface area (Å²) in [6, 6.07) is 19.9. The van der Waals surface area contributed by atoms with E-state index >= 15 is 0 Å². The van der Waals surface area contributed by atoms with E-state index in [4.69, 9.17) is 5.73 Å². The van der Waals surface area contributed by atoms with Crippen molar-refractivity contribution in [3.8, 4) is 0 Å². The van der Waals surface area contributed by atoms with Gasteiger partial charge in [0, 0.05) is 12.1 Å². The molecule has 0 spiro atoms. The third kappa shape index (κ3) is 4.93. The van der Waals surface area contributed by atoms with Gasteiger partial charge in [0.15, 0.2) is 0 Å². The van der Waals surface area contributed by atoms with Gasteiger partial charge in [-0.3, -0.25) is 4.79 Å². The minimum Gasteiger partial charge on any atom is -0.353 e. The van der Waals surface area contributed by atoms with E-state index in [1.165, 1.54) is 5.56 Å². The lowest BCUT2D eigenvalue weighted by molar-refractivity contribution is -0.125. The minimum atomic E-state index is -0.287. The standard InChI is InChI=1S/C20H26N2O/c1-3-18(14-16-10-6-4-7-11-16)22-20(23)15(2)19(21)17-12-8-5-9-13-17/h4-13,15,18-19H,3,14,21H2,1-2H3,(H,22,23). The first-order valence-corrected chi connectivity index (χ1v) is 8.26. The molecule has 0 radical (unpaired) electrons. The average molecular weight is 310 g/mol. The van der Waals surface area contributed by atoms with Crippen LogP contribution in [0.5, 0.6) is 0 Å². The average Bonchev–Trinajstić information content (AvgIpc) is 2.61. The van der Waals surface area contributed by atoms with Gasteiger partial charge in [0.2, 0.25) is 5.91 Å². The predicted molar refractivity (Wildman–Crippen MR) is 94.9 cm³/mol.